The molecular weight excluding hydrogens is 378 g/mol. The van der Waals surface area contributed by atoms with Gasteiger partial charge in [-0.2, -0.15) is 4.72 Å². The standard InChI is InChI=1S/C20H25N3O4S/c1-15(22-28(25,26)17-11-9-16(27-2)10-12-17)20(24)21-18-7-3-4-8-19(18)23-13-5-6-14-23/h3-4,7-12,15,22H,5-6,13-14H2,1-2H3,(H,21,24)/t15-/m0/s1. The van der Waals surface area contributed by atoms with Crippen molar-refractivity contribution in [2.24, 2.45) is 0 Å². The van der Waals surface area contributed by atoms with Crippen LogP contribution in [0.3, 0.4) is 0 Å². The minimum Gasteiger partial charge on any atom is -0.497 e. The Hall–Kier alpha value is -2.58. The second kappa shape index (κ2) is 8.62. The zero-order chi connectivity index (χ0) is 20.1. The van der Waals surface area contributed by atoms with Crippen LogP contribution < -0.4 is 19.7 Å². The Kier molecular flexibility index (Phi) is 6.21. The molecule has 0 saturated carbocycles. The maximum absolute atomic E-state index is 12.6. The highest BCUT2D eigenvalue weighted by Gasteiger charge is 2.23. The monoisotopic (exact) mass is 403 g/mol. The van der Waals surface area contributed by atoms with E-state index in [1.165, 1.54) is 26.2 Å². The molecule has 1 saturated heterocycles. The molecule has 2 aromatic carbocycles. The number of rotatable bonds is 7. The molecule has 150 valence electrons. The average molecular weight is 404 g/mol. The van der Waals surface area contributed by atoms with E-state index in [1.54, 1.807) is 12.1 Å². The third kappa shape index (κ3) is 4.63. The largest absolute Gasteiger partial charge is 0.497 e. The number of nitrogens with one attached hydrogen (secondary N) is 2. The van der Waals surface area contributed by atoms with Gasteiger partial charge in [-0.3, -0.25) is 4.79 Å². The summed E-state index contributed by atoms with van der Waals surface area (Å²) >= 11 is 0. The number of ether oxygens (including phenoxy) is 1. The minimum absolute atomic E-state index is 0.0745. The summed E-state index contributed by atoms with van der Waals surface area (Å²) in [5.74, 6) is 0.145. The van der Waals surface area contributed by atoms with E-state index < -0.39 is 22.0 Å². The highest BCUT2D eigenvalue weighted by Crippen LogP contribution is 2.28. The van der Waals surface area contributed by atoms with Crippen LogP contribution in [0.5, 0.6) is 5.75 Å². The number of carbonyl (C=O) groups is 1. The van der Waals surface area contributed by atoms with Crippen LogP contribution in [-0.4, -0.2) is 40.6 Å². The maximum Gasteiger partial charge on any atom is 0.242 e. The van der Waals surface area contributed by atoms with Crippen LogP contribution >= 0.6 is 0 Å². The Bertz CT molecular complexity index is 923. The van der Waals surface area contributed by atoms with Gasteiger partial charge >= 0.3 is 0 Å². The highest BCUT2D eigenvalue weighted by molar-refractivity contribution is 7.89. The molecule has 0 aliphatic carbocycles. The lowest BCUT2D eigenvalue weighted by molar-refractivity contribution is -0.117. The molecule has 0 unspecified atom stereocenters. The minimum atomic E-state index is -3.82. The van der Waals surface area contributed by atoms with E-state index in [2.05, 4.69) is 14.9 Å². The van der Waals surface area contributed by atoms with Gasteiger partial charge in [0.05, 0.1) is 29.4 Å². The number of para-hydroxylation sites is 2. The van der Waals surface area contributed by atoms with E-state index in [-0.39, 0.29) is 4.90 Å². The summed E-state index contributed by atoms with van der Waals surface area (Å²) in [4.78, 5) is 14.9. The van der Waals surface area contributed by atoms with Crippen molar-refractivity contribution in [2.75, 3.05) is 30.4 Å². The molecule has 1 fully saturated rings. The molecule has 0 aromatic heterocycles. The van der Waals surface area contributed by atoms with E-state index in [0.717, 1.165) is 31.6 Å². The number of methoxy groups -OCH3 is 1. The number of anilines is 2. The van der Waals surface area contributed by atoms with Gasteiger partial charge in [0.25, 0.3) is 0 Å². The SMILES string of the molecule is COc1ccc(S(=O)(=O)N[C@@H](C)C(=O)Nc2ccccc2N2CCCC2)cc1. The van der Waals surface area contributed by atoms with E-state index in [4.69, 9.17) is 4.74 Å². The summed E-state index contributed by atoms with van der Waals surface area (Å²) in [6.07, 6.45) is 2.25. The molecule has 1 aliphatic heterocycles. The number of sulfonamides is 1. The molecule has 1 atom stereocenters. The fourth-order valence-corrected chi connectivity index (χ4v) is 4.37. The number of hydrogen-bond donors (Lipinski definition) is 2. The predicted octanol–water partition coefficient (Wildman–Crippen LogP) is 2.60. The van der Waals surface area contributed by atoms with Crippen molar-refractivity contribution in [3.63, 3.8) is 0 Å². The average Bonchev–Trinajstić information content (AvgIpc) is 3.22. The quantitative estimate of drug-likeness (QED) is 0.742. The van der Waals surface area contributed by atoms with Gasteiger partial charge in [-0.15, -0.1) is 0 Å². The lowest BCUT2D eigenvalue weighted by Gasteiger charge is -2.22. The topological polar surface area (TPSA) is 87.7 Å². The van der Waals surface area contributed by atoms with Crippen molar-refractivity contribution in [2.45, 2.75) is 30.7 Å². The van der Waals surface area contributed by atoms with Crippen LogP contribution in [0.2, 0.25) is 0 Å². The van der Waals surface area contributed by atoms with Crippen LogP contribution in [0.15, 0.2) is 53.4 Å². The van der Waals surface area contributed by atoms with E-state index in [0.29, 0.717) is 11.4 Å². The number of amides is 1. The van der Waals surface area contributed by atoms with Crippen molar-refractivity contribution < 1.29 is 17.9 Å². The molecule has 0 spiro atoms. The lowest BCUT2D eigenvalue weighted by atomic mass is 10.2. The van der Waals surface area contributed by atoms with Gasteiger partial charge in [-0.1, -0.05) is 12.1 Å². The molecule has 3 rings (SSSR count). The van der Waals surface area contributed by atoms with Crippen molar-refractivity contribution in [1.29, 1.82) is 0 Å². The third-order valence-corrected chi connectivity index (χ3v) is 6.26. The molecule has 7 nitrogen and oxygen atoms in total. The normalized spacial score (nSPS) is 15.3. The van der Waals surface area contributed by atoms with Gasteiger partial charge in [0.1, 0.15) is 5.75 Å². The molecule has 2 aromatic rings. The summed E-state index contributed by atoms with van der Waals surface area (Å²) < 4.78 is 32.5. The number of carbonyl (C=O) groups excluding carboxylic acids is 1. The molecule has 28 heavy (non-hydrogen) atoms. The number of nitrogens with zero attached hydrogens (tertiary/aromatic N) is 1. The Balaban J connectivity index is 1.69. The first-order chi connectivity index (χ1) is 13.4. The third-order valence-electron chi connectivity index (χ3n) is 4.70. The number of benzene rings is 2. The molecule has 8 heteroatoms. The fraction of sp³-hybridized carbons (Fsp3) is 0.350. The first-order valence-corrected chi connectivity index (χ1v) is 10.7. The van der Waals surface area contributed by atoms with Crippen LogP contribution in [0.1, 0.15) is 19.8 Å². The molecule has 1 amide bonds. The summed E-state index contributed by atoms with van der Waals surface area (Å²) in [6.45, 7) is 3.42. The summed E-state index contributed by atoms with van der Waals surface area (Å²) in [5.41, 5.74) is 1.64. The second-order valence-electron chi connectivity index (χ2n) is 6.72. The van der Waals surface area contributed by atoms with Crippen LogP contribution in [0.4, 0.5) is 11.4 Å². The van der Waals surface area contributed by atoms with Gasteiger partial charge in [-0.05, 0) is 56.2 Å². The molecule has 2 N–H and O–H groups in total. The van der Waals surface area contributed by atoms with Crippen molar-refractivity contribution in [3.05, 3.63) is 48.5 Å². The molecule has 0 bridgehead atoms. The Morgan fingerprint density at radius 2 is 1.71 bits per heavy atom. The second-order valence-corrected chi connectivity index (χ2v) is 8.43. The maximum atomic E-state index is 12.6. The molecule has 0 radical (unpaired) electrons. The van der Waals surface area contributed by atoms with Crippen molar-refractivity contribution >= 4 is 27.3 Å². The zero-order valence-corrected chi connectivity index (χ0v) is 16.8. The smallest absolute Gasteiger partial charge is 0.242 e. The van der Waals surface area contributed by atoms with Gasteiger partial charge in [0.2, 0.25) is 15.9 Å². The Morgan fingerprint density at radius 3 is 2.36 bits per heavy atom. The lowest BCUT2D eigenvalue weighted by Crippen LogP contribution is -2.41. The number of hydrogen-bond acceptors (Lipinski definition) is 5. The van der Waals surface area contributed by atoms with E-state index in [1.807, 2.05) is 24.3 Å². The zero-order valence-electron chi connectivity index (χ0n) is 16.0. The predicted molar refractivity (Wildman–Crippen MR) is 109 cm³/mol. The fourth-order valence-electron chi connectivity index (χ4n) is 3.16. The van der Waals surface area contributed by atoms with Crippen molar-refractivity contribution in [1.82, 2.24) is 4.72 Å². The van der Waals surface area contributed by atoms with Gasteiger partial charge < -0.3 is 15.0 Å². The van der Waals surface area contributed by atoms with E-state index in [9.17, 15) is 13.2 Å². The first kappa shape index (κ1) is 20.2. The summed E-state index contributed by atoms with van der Waals surface area (Å²) in [5, 5.41) is 2.85. The van der Waals surface area contributed by atoms with Crippen LogP contribution in [-0.2, 0) is 14.8 Å². The van der Waals surface area contributed by atoms with Crippen LogP contribution in [0, 0.1) is 0 Å². The van der Waals surface area contributed by atoms with Crippen LogP contribution in [0.25, 0.3) is 0 Å². The first-order valence-electron chi connectivity index (χ1n) is 9.22. The summed E-state index contributed by atoms with van der Waals surface area (Å²) in [7, 11) is -2.32. The van der Waals surface area contributed by atoms with E-state index >= 15 is 0 Å². The molecule has 1 aliphatic rings. The Labute approximate surface area is 165 Å². The van der Waals surface area contributed by atoms with Crippen molar-refractivity contribution in [3.8, 4) is 5.75 Å². The van der Waals surface area contributed by atoms with Gasteiger partial charge in [0, 0.05) is 13.1 Å². The van der Waals surface area contributed by atoms with Gasteiger partial charge in [0.15, 0.2) is 0 Å². The molecular formula is C20H25N3O4S. The van der Waals surface area contributed by atoms with Gasteiger partial charge in [-0.25, -0.2) is 8.42 Å². The molecule has 1 heterocycles. The Morgan fingerprint density at radius 1 is 1.07 bits per heavy atom. The summed E-state index contributed by atoms with van der Waals surface area (Å²) in [6, 6.07) is 12.6. The highest BCUT2D eigenvalue weighted by atomic mass is 32.2.